The van der Waals surface area contributed by atoms with Crippen molar-refractivity contribution in [3.8, 4) is 11.5 Å². The molecule has 2 unspecified atom stereocenters. The van der Waals surface area contributed by atoms with Crippen molar-refractivity contribution >= 4 is 24.0 Å². The Balaban J connectivity index is 1.05. The average molecular weight is 517 g/mol. The van der Waals surface area contributed by atoms with Crippen molar-refractivity contribution < 1.29 is 38.1 Å². The lowest BCUT2D eigenvalue weighted by molar-refractivity contribution is -0.124. The molecule has 2 saturated heterocycles. The summed E-state index contributed by atoms with van der Waals surface area (Å²) in [5.74, 6) is 0.514. The minimum Gasteiger partial charge on any atom is -0.489 e. The zero-order chi connectivity index (χ0) is 26.5. The highest BCUT2D eigenvalue weighted by atomic mass is 16.6. The van der Waals surface area contributed by atoms with Crippen molar-refractivity contribution in [3.05, 3.63) is 95.1 Å². The molecule has 5 rings (SSSR count). The number of hydrogen-bond acceptors (Lipinski definition) is 8. The topological polar surface area (TPSA) is 129 Å². The zero-order valence-corrected chi connectivity index (χ0v) is 20.2. The first kappa shape index (κ1) is 24.8. The quantitative estimate of drug-likeness (QED) is 0.420. The van der Waals surface area contributed by atoms with E-state index in [2.05, 4.69) is 10.6 Å². The zero-order valence-electron chi connectivity index (χ0n) is 20.2. The highest BCUT2D eigenvalue weighted by Crippen LogP contribution is 2.19. The van der Waals surface area contributed by atoms with Crippen LogP contribution in [0.15, 0.2) is 72.8 Å². The van der Waals surface area contributed by atoms with Gasteiger partial charge in [-0.2, -0.15) is 0 Å². The molecule has 0 saturated carbocycles. The standard InChI is InChI=1S/C28H24N2O8/c31-25-23(37-27(33)29-25)13-17-5-9-21(10-6-17)35-15-19-1-2-20(4-3-19)16-36-22-11-7-18(8-12-22)14-24-26(32)30-28(34)38-24/h1-12,23-24H,13-16H2,(H,29,31,33)(H,30,32,34). The van der Waals surface area contributed by atoms with Crippen LogP contribution in [-0.4, -0.2) is 36.2 Å². The number of hydrogen-bond donors (Lipinski definition) is 2. The molecule has 2 fully saturated rings. The third-order valence-electron chi connectivity index (χ3n) is 6.06. The van der Waals surface area contributed by atoms with Crippen LogP contribution in [0.3, 0.4) is 0 Å². The molecule has 194 valence electrons. The van der Waals surface area contributed by atoms with Crippen LogP contribution in [0.5, 0.6) is 11.5 Å². The summed E-state index contributed by atoms with van der Waals surface area (Å²) >= 11 is 0. The summed E-state index contributed by atoms with van der Waals surface area (Å²) in [6, 6.07) is 22.5. The van der Waals surface area contributed by atoms with E-state index in [1.807, 2.05) is 72.8 Å². The van der Waals surface area contributed by atoms with Crippen LogP contribution in [0.1, 0.15) is 22.3 Å². The van der Waals surface area contributed by atoms with Crippen LogP contribution in [0.25, 0.3) is 0 Å². The summed E-state index contributed by atoms with van der Waals surface area (Å²) < 4.78 is 21.6. The van der Waals surface area contributed by atoms with Gasteiger partial charge in [-0.05, 0) is 46.5 Å². The molecule has 0 aromatic heterocycles. The van der Waals surface area contributed by atoms with Crippen LogP contribution < -0.4 is 20.1 Å². The van der Waals surface area contributed by atoms with E-state index in [0.29, 0.717) is 37.6 Å². The van der Waals surface area contributed by atoms with E-state index in [4.69, 9.17) is 18.9 Å². The van der Waals surface area contributed by atoms with Gasteiger partial charge in [-0.25, -0.2) is 9.59 Å². The summed E-state index contributed by atoms with van der Waals surface area (Å²) in [7, 11) is 0. The molecule has 0 radical (unpaired) electrons. The van der Waals surface area contributed by atoms with E-state index in [0.717, 1.165) is 22.3 Å². The molecular formula is C28H24N2O8. The van der Waals surface area contributed by atoms with Crippen LogP contribution in [0.2, 0.25) is 0 Å². The minimum absolute atomic E-state index is 0.307. The van der Waals surface area contributed by atoms with Crippen molar-refractivity contribution in [1.82, 2.24) is 10.6 Å². The van der Waals surface area contributed by atoms with Crippen molar-refractivity contribution in [1.29, 1.82) is 0 Å². The summed E-state index contributed by atoms with van der Waals surface area (Å²) in [4.78, 5) is 45.5. The van der Waals surface area contributed by atoms with Gasteiger partial charge in [-0.1, -0.05) is 48.5 Å². The maximum atomic E-state index is 11.6. The van der Waals surface area contributed by atoms with Gasteiger partial charge < -0.3 is 18.9 Å². The molecule has 3 aromatic carbocycles. The van der Waals surface area contributed by atoms with Gasteiger partial charge in [0.05, 0.1) is 0 Å². The fourth-order valence-electron chi connectivity index (χ4n) is 3.99. The summed E-state index contributed by atoms with van der Waals surface area (Å²) in [5, 5.41) is 4.23. The van der Waals surface area contributed by atoms with Gasteiger partial charge in [-0.15, -0.1) is 0 Å². The number of ether oxygens (including phenoxy) is 4. The first-order valence-corrected chi connectivity index (χ1v) is 12.0. The lowest BCUT2D eigenvalue weighted by atomic mass is 10.1. The van der Waals surface area contributed by atoms with Gasteiger partial charge in [0.25, 0.3) is 11.8 Å². The molecule has 38 heavy (non-hydrogen) atoms. The number of cyclic esters (lactones) is 2. The Labute approximate surface area is 217 Å². The second-order valence-corrected chi connectivity index (χ2v) is 8.86. The van der Waals surface area contributed by atoms with Gasteiger partial charge in [0.1, 0.15) is 24.7 Å². The fourth-order valence-corrected chi connectivity index (χ4v) is 3.99. The van der Waals surface area contributed by atoms with E-state index in [-0.39, 0.29) is 0 Å². The number of carbonyl (C=O) groups excluding carboxylic acids is 4. The molecule has 0 spiro atoms. The maximum absolute atomic E-state index is 11.6. The normalized spacial score (nSPS) is 18.4. The van der Waals surface area contributed by atoms with E-state index in [9.17, 15) is 19.2 Å². The van der Waals surface area contributed by atoms with Gasteiger partial charge in [0.2, 0.25) is 0 Å². The molecule has 2 aliphatic heterocycles. The number of carbonyl (C=O) groups is 4. The van der Waals surface area contributed by atoms with Crippen molar-refractivity contribution in [3.63, 3.8) is 0 Å². The number of imide groups is 2. The molecular weight excluding hydrogens is 492 g/mol. The predicted molar refractivity (Wildman–Crippen MR) is 132 cm³/mol. The second kappa shape index (κ2) is 11.0. The molecule has 2 heterocycles. The van der Waals surface area contributed by atoms with Crippen molar-refractivity contribution in [2.75, 3.05) is 0 Å². The molecule has 4 amide bonds. The Morgan fingerprint density at radius 2 is 0.868 bits per heavy atom. The molecule has 10 nitrogen and oxygen atoms in total. The Morgan fingerprint density at radius 3 is 1.18 bits per heavy atom. The maximum Gasteiger partial charge on any atom is 0.414 e. The van der Waals surface area contributed by atoms with Crippen LogP contribution >= 0.6 is 0 Å². The number of benzene rings is 3. The first-order chi connectivity index (χ1) is 18.4. The van der Waals surface area contributed by atoms with Crippen LogP contribution in [0, 0.1) is 0 Å². The molecule has 3 aromatic rings. The summed E-state index contributed by atoms with van der Waals surface area (Å²) in [6.07, 6.45) is -2.41. The second-order valence-electron chi connectivity index (χ2n) is 8.86. The number of amides is 4. The minimum atomic E-state index is -0.800. The number of alkyl carbamates (subject to hydrolysis) is 2. The number of rotatable bonds is 10. The van der Waals surface area contributed by atoms with Crippen LogP contribution in [0.4, 0.5) is 9.59 Å². The Hall–Kier alpha value is -4.86. The van der Waals surface area contributed by atoms with E-state index < -0.39 is 36.2 Å². The SMILES string of the molecule is O=C1NC(=O)C(Cc2ccc(OCc3ccc(COc4ccc(CC5OC(=O)NC5=O)cc4)cc3)cc2)O1. The largest absolute Gasteiger partial charge is 0.489 e. The van der Waals surface area contributed by atoms with Crippen molar-refractivity contribution in [2.45, 2.75) is 38.3 Å². The summed E-state index contributed by atoms with van der Waals surface area (Å²) in [6.45, 7) is 0.776. The molecule has 2 aliphatic rings. The Bertz CT molecular complexity index is 1230. The monoisotopic (exact) mass is 516 g/mol. The molecule has 2 atom stereocenters. The highest BCUT2D eigenvalue weighted by Gasteiger charge is 2.32. The van der Waals surface area contributed by atoms with E-state index in [1.54, 1.807) is 0 Å². The lowest BCUT2D eigenvalue weighted by Gasteiger charge is -2.11. The van der Waals surface area contributed by atoms with Gasteiger partial charge >= 0.3 is 12.2 Å². The van der Waals surface area contributed by atoms with Gasteiger partial charge in [0.15, 0.2) is 12.2 Å². The third kappa shape index (κ3) is 6.28. The summed E-state index contributed by atoms with van der Waals surface area (Å²) in [5.41, 5.74) is 3.71. The average Bonchev–Trinajstić information content (AvgIpc) is 3.41. The first-order valence-electron chi connectivity index (χ1n) is 12.0. The Kier molecular flexibility index (Phi) is 7.21. The number of nitrogens with one attached hydrogen (secondary N) is 2. The predicted octanol–water partition coefficient (Wildman–Crippen LogP) is 3.20. The van der Waals surface area contributed by atoms with Crippen molar-refractivity contribution in [2.24, 2.45) is 0 Å². The fraction of sp³-hybridized carbons (Fsp3) is 0.214. The van der Waals surface area contributed by atoms with E-state index >= 15 is 0 Å². The van der Waals surface area contributed by atoms with Crippen LogP contribution in [-0.2, 0) is 45.1 Å². The molecule has 2 N–H and O–H groups in total. The van der Waals surface area contributed by atoms with Gasteiger partial charge in [0, 0.05) is 12.8 Å². The van der Waals surface area contributed by atoms with E-state index in [1.165, 1.54) is 0 Å². The lowest BCUT2D eigenvalue weighted by Crippen LogP contribution is -2.25. The molecule has 0 bridgehead atoms. The smallest absolute Gasteiger partial charge is 0.414 e. The highest BCUT2D eigenvalue weighted by molar-refractivity contribution is 6.00. The Morgan fingerprint density at radius 1 is 0.526 bits per heavy atom. The molecule has 10 heteroatoms. The molecule has 0 aliphatic carbocycles. The van der Waals surface area contributed by atoms with Gasteiger partial charge in [-0.3, -0.25) is 20.2 Å². The third-order valence-corrected chi connectivity index (χ3v) is 6.06.